The van der Waals surface area contributed by atoms with E-state index in [0.717, 1.165) is 10.9 Å². The van der Waals surface area contributed by atoms with Gasteiger partial charge in [-0.05, 0) is 17.7 Å². The Hall–Kier alpha value is -1.40. The number of benzene rings is 1. The molecule has 0 bridgehead atoms. The van der Waals surface area contributed by atoms with Gasteiger partial charge in [-0.2, -0.15) is 0 Å². The summed E-state index contributed by atoms with van der Waals surface area (Å²) in [6, 6.07) is 6.54. The largest absolute Gasteiger partial charge is 0.338 e. The van der Waals surface area contributed by atoms with Gasteiger partial charge in [0.2, 0.25) is 0 Å². The highest BCUT2D eigenvalue weighted by Gasteiger charge is 2.27. The van der Waals surface area contributed by atoms with Gasteiger partial charge in [-0.3, -0.25) is 14.4 Å². The molecule has 1 aliphatic heterocycles. The zero-order chi connectivity index (χ0) is 12.3. The Morgan fingerprint density at radius 3 is 2.71 bits per heavy atom. The van der Waals surface area contributed by atoms with Gasteiger partial charge in [0, 0.05) is 10.9 Å². The van der Waals surface area contributed by atoms with Crippen molar-refractivity contribution in [1.82, 2.24) is 10.8 Å². The Morgan fingerprint density at radius 2 is 2.18 bits per heavy atom. The van der Waals surface area contributed by atoms with Crippen LogP contribution in [0.25, 0.3) is 0 Å². The van der Waals surface area contributed by atoms with E-state index in [0.29, 0.717) is 5.56 Å². The van der Waals surface area contributed by atoms with Gasteiger partial charge < -0.3 is 5.32 Å². The van der Waals surface area contributed by atoms with E-state index in [4.69, 9.17) is 4.84 Å². The van der Waals surface area contributed by atoms with Crippen molar-refractivity contribution in [1.29, 1.82) is 0 Å². The summed E-state index contributed by atoms with van der Waals surface area (Å²) < 4.78 is 0. The number of halogens is 1. The third-order valence-electron chi connectivity index (χ3n) is 2.42. The van der Waals surface area contributed by atoms with E-state index in [1.807, 2.05) is 12.1 Å². The lowest BCUT2D eigenvalue weighted by Gasteiger charge is -2.08. The fourth-order valence-corrected chi connectivity index (χ4v) is 1.81. The van der Waals surface area contributed by atoms with Crippen LogP contribution in [0.4, 0.5) is 0 Å². The summed E-state index contributed by atoms with van der Waals surface area (Å²) in [7, 11) is 0. The third kappa shape index (κ3) is 2.83. The average Bonchev–Trinajstić information content (AvgIpc) is 2.75. The summed E-state index contributed by atoms with van der Waals surface area (Å²) in [5, 5.41) is 3.34. The molecule has 2 rings (SSSR count). The molecule has 0 aromatic heterocycles. The molecule has 1 atom stereocenters. The quantitative estimate of drug-likeness (QED) is 0.809. The molecule has 1 aliphatic rings. The second kappa shape index (κ2) is 5.29. The number of amides is 2. The number of hydroxylamine groups is 1. The molecule has 6 heteroatoms. The summed E-state index contributed by atoms with van der Waals surface area (Å²) in [6.07, 6.45) is 0. The Kier molecular flexibility index (Phi) is 3.75. The fourth-order valence-electron chi connectivity index (χ4n) is 1.44. The SMILES string of the molecule is O=C(N[C@@H]1CONC1=O)c1ccc(CBr)cc1. The molecule has 0 unspecified atom stereocenters. The zero-order valence-corrected chi connectivity index (χ0v) is 10.5. The molecule has 1 heterocycles. The van der Waals surface area contributed by atoms with Crippen LogP contribution < -0.4 is 10.8 Å². The Morgan fingerprint density at radius 1 is 1.47 bits per heavy atom. The van der Waals surface area contributed by atoms with Crippen LogP contribution in [0.2, 0.25) is 0 Å². The van der Waals surface area contributed by atoms with Crippen LogP contribution in [0.1, 0.15) is 15.9 Å². The topological polar surface area (TPSA) is 67.4 Å². The number of hydrogen-bond donors (Lipinski definition) is 2. The van der Waals surface area contributed by atoms with Gasteiger partial charge in [-0.1, -0.05) is 28.1 Å². The van der Waals surface area contributed by atoms with E-state index < -0.39 is 6.04 Å². The maximum absolute atomic E-state index is 11.8. The Balaban J connectivity index is 2.01. The molecular weight excluding hydrogens is 288 g/mol. The Bertz CT molecular complexity index is 433. The second-order valence-electron chi connectivity index (χ2n) is 3.63. The molecule has 17 heavy (non-hydrogen) atoms. The fraction of sp³-hybridized carbons (Fsp3) is 0.273. The van der Waals surface area contributed by atoms with Crippen molar-refractivity contribution in [2.24, 2.45) is 0 Å². The monoisotopic (exact) mass is 298 g/mol. The molecule has 1 aromatic carbocycles. The van der Waals surface area contributed by atoms with Crippen LogP contribution in [0.15, 0.2) is 24.3 Å². The minimum atomic E-state index is -0.613. The lowest BCUT2D eigenvalue weighted by atomic mass is 10.1. The van der Waals surface area contributed by atoms with Gasteiger partial charge in [-0.25, -0.2) is 5.48 Å². The standard InChI is InChI=1S/C11H11BrN2O3/c12-5-7-1-3-8(4-2-7)10(15)13-9-6-17-14-11(9)16/h1-4,9H,5-6H2,(H,13,15)(H,14,16)/t9-/m1/s1. The Labute approximate surface area is 107 Å². The second-order valence-corrected chi connectivity index (χ2v) is 4.19. The third-order valence-corrected chi connectivity index (χ3v) is 3.06. The van der Waals surface area contributed by atoms with Crippen LogP contribution in [0.5, 0.6) is 0 Å². The smallest absolute Gasteiger partial charge is 0.268 e. The zero-order valence-electron chi connectivity index (χ0n) is 8.90. The van der Waals surface area contributed by atoms with E-state index in [2.05, 4.69) is 26.7 Å². The van der Waals surface area contributed by atoms with Crippen molar-refractivity contribution >= 4 is 27.7 Å². The summed E-state index contributed by atoms with van der Waals surface area (Å²) in [6.45, 7) is 0.157. The number of rotatable bonds is 3. The van der Waals surface area contributed by atoms with Crippen molar-refractivity contribution in [2.75, 3.05) is 6.61 Å². The van der Waals surface area contributed by atoms with Gasteiger partial charge in [0.05, 0.1) is 0 Å². The summed E-state index contributed by atoms with van der Waals surface area (Å²) in [5.41, 5.74) is 3.79. The molecule has 0 aliphatic carbocycles. The van der Waals surface area contributed by atoms with Crippen molar-refractivity contribution in [3.8, 4) is 0 Å². The molecule has 5 nitrogen and oxygen atoms in total. The first kappa shape index (κ1) is 12.1. The van der Waals surface area contributed by atoms with Gasteiger partial charge in [-0.15, -0.1) is 0 Å². The first-order valence-corrected chi connectivity index (χ1v) is 6.20. The normalized spacial score (nSPS) is 18.9. The average molecular weight is 299 g/mol. The molecule has 1 fully saturated rings. The van der Waals surface area contributed by atoms with Crippen LogP contribution in [-0.4, -0.2) is 24.5 Å². The number of alkyl halides is 1. The maximum atomic E-state index is 11.8. The van der Waals surface area contributed by atoms with Gasteiger partial charge in [0.1, 0.15) is 12.6 Å². The van der Waals surface area contributed by atoms with E-state index >= 15 is 0 Å². The van der Waals surface area contributed by atoms with E-state index in [1.165, 1.54) is 0 Å². The number of carbonyl (C=O) groups excluding carboxylic acids is 2. The summed E-state index contributed by atoms with van der Waals surface area (Å²) >= 11 is 3.33. The highest BCUT2D eigenvalue weighted by molar-refractivity contribution is 9.08. The summed E-state index contributed by atoms with van der Waals surface area (Å²) in [5.74, 6) is -0.604. The molecule has 1 saturated heterocycles. The summed E-state index contributed by atoms with van der Waals surface area (Å²) in [4.78, 5) is 27.7. The molecule has 0 saturated carbocycles. The maximum Gasteiger partial charge on any atom is 0.268 e. The van der Waals surface area contributed by atoms with Crippen molar-refractivity contribution in [2.45, 2.75) is 11.4 Å². The number of carbonyl (C=O) groups is 2. The first-order valence-electron chi connectivity index (χ1n) is 5.08. The number of nitrogens with one attached hydrogen (secondary N) is 2. The molecule has 0 spiro atoms. The van der Waals surface area contributed by atoms with Gasteiger partial charge in [0.25, 0.3) is 11.8 Å². The highest BCUT2D eigenvalue weighted by atomic mass is 79.9. The number of hydrogen-bond acceptors (Lipinski definition) is 3. The van der Waals surface area contributed by atoms with Crippen molar-refractivity contribution in [3.05, 3.63) is 35.4 Å². The predicted octanol–water partition coefficient (Wildman–Crippen LogP) is 0.741. The molecule has 2 amide bonds. The molecule has 1 aromatic rings. The van der Waals surface area contributed by atoms with Crippen LogP contribution >= 0.6 is 15.9 Å². The minimum Gasteiger partial charge on any atom is -0.338 e. The van der Waals surface area contributed by atoms with Crippen LogP contribution in [0.3, 0.4) is 0 Å². The van der Waals surface area contributed by atoms with E-state index in [9.17, 15) is 9.59 Å². The van der Waals surface area contributed by atoms with E-state index in [1.54, 1.807) is 12.1 Å². The van der Waals surface area contributed by atoms with Gasteiger partial charge >= 0.3 is 0 Å². The van der Waals surface area contributed by atoms with Crippen LogP contribution in [0, 0.1) is 0 Å². The molecular formula is C11H11BrN2O3. The lowest BCUT2D eigenvalue weighted by Crippen LogP contribution is -2.41. The highest BCUT2D eigenvalue weighted by Crippen LogP contribution is 2.08. The molecule has 90 valence electrons. The van der Waals surface area contributed by atoms with Crippen LogP contribution in [-0.2, 0) is 15.0 Å². The predicted molar refractivity (Wildman–Crippen MR) is 64.4 cm³/mol. The minimum absolute atomic E-state index is 0.157. The van der Waals surface area contributed by atoms with E-state index in [-0.39, 0.29) is 18.4 Å². The van der Waals surface area contributed by atoms with Gasteiger partial charge in [0.15, 0.2) is 0 Å². The first-order chi connectivity index (χ1) is 8.20. The van der Waals surface area contributed by atoms with Crippen molar-refractivity contribution in [3.63, 3.8) is 0 Å². The van der Waals surface area contributed by atoms with Crippen molar-refractivity contribution < 1.29 is 14.4 Å². The molecule has 0 radical (unpaired) electrons. The molecule has 2 N–H and O–H groups in total. The lowest BCUT2D eigenvalue weighted by molar-refractivity contribution is -0.125.